The number of carbonyl (C=O) groups is 1. The fourth-order valence-electron chi connectivity index (χ4n) is 1.50. The third kappa shape index (κ3) is 5.21. The zero-order valence-corrected chi connectivity index (χ0v) is 12.2. The SMILES string of the molecule is CC(CS(C)(=O)=O)Nc1ccc(C(=O)N(C)C)nn1. The Balaban J connectivity index is 2.70. The lowest BCUT2D eigenvalue weighted by molar-refractivity contribution is 0.0821. The molecule has 1 heterocycles. The Hall–Kier alpha value is -1.70. The van der Waals surface area contributed by atoms with Gasteiger partial charge in [0, 0.05) is 26.4 Å². The molecule has 0 aromatic carbocycles. The van der Waals surface area contributed by atoms with Crippen LogP contribution in [0.4, 0.5) is 5.82 Å². The van der Waals surface area contributed by atoms with E-state index in [9.17, 15) is 13.2 Å². The molecule has 0 saturated heterocycles. The lowest BCUT2D eigenvalue weighted by atomic mass is 10.3. The van der Waals surface area contributed by atoms with E-state index in [0.717, 1.165) is 0 Å². The molecule has 1 amide bonds. The van der Waals surface area contributed by atoms with Crippen molar-refractivity contribution >= 4 is 21.6 Å². The average molecular weight is 286 g/mol. The number of hydrogen-bond acceptors (Lipinski definition) is 6. The fourth-order valence-corrected chi connectivity index (χ4v) is 2.49. The highest BCUT2D eigenvalue weighted by Gasteiger charge is 2.13. The lowest BCUT2D eigenvalue weighted by Crippen LogP contribution is -2.26. The van der Waals surface area contributed by atoms with Crippen LogP contribution in [0.2, 0.25) is 0 Å². The van der Waals surface area contributed by atoms with Gasteiger partial charge in [0.1, 0.15) is 15.7 Å². The molecule has 1 aromatic rings. The van der Waals surface area contributed by atoms with E-state index in [1.807, 2.05) is 0 Å². The number of carbonyl (C=O) groups excluding carboxylic acids is 1. The first-order chi connectivity index (χ1) is 8.69. The summed E-state index contributed by atoms with van der Waals surface area (Å²) in [5, 5.41) is 10.6. The number of nitrogens with one attached hydrogen (secondary N) is 1. The maximum absolute atomic E-state index is 11.6. The quantitative estimate of drug-likeness (QED) is 0.820. The van der Waals surface area contributed by atoms with Crippen molar-refractivity contribution in [3.8, 4) is 0 Å². The van der Waals surface area contributed by atoms with Gasteiger partial charge < -0.3 is 10.2 Å². The molecule has 19 heavy (non-hydrogen) atoms. The number of sulfone groups is 1. The van der Waals surface area contributed by atoms with E-state index in [1.54, 1.807) is 33.2 Å². The molecule has 0 spiro atoms. The monoisotopic (exact) mass is 286 g/mol. The first-order valence-corrected chi connectivity index (χ1v) is 7.75. The Morgan fingerprint density at radius 3 is 2.42 bits per heavy atom. The Morgan fingerprint density at radius 2 is 2.00 bits per heavy atom. The Bertz CT molecular complexity index is 540. The van der Waals surface area contributed by atoms with Gasteiger partial charge in [-0.15, -0.1) is 10.2 Å². The number of nitrogens with zero attached hydrogens (tertiary/aromatic N) is 3. The molecule has 0 bridgehead atoms. The van der Waals surface area contributed by atoms with Crippen molar-refractivity contribution in [3.05, 3.63) is 17.8 Å². The summed E-state index contributed by atoms with van der Waals surface area (Å²) in [6.07, 6.45) is 1.18. The molecule has 7 nitrogen and oxygen atoms in total. The zero-order valence-electron chi connectivity index (χ0n) is 11.4. The maximum Gasteiger partial charge on any atom is 0.273 e. The summed E-state index contributed by atoms with van der Waals surface area (Å²) in [6, 6.07) is 2.87. The normalized spacial score (nSPS) is 12.8. The van der Waals surface area contributed by atoms with E-state index in [4.69, 9.17) is 0 Å². The summed E-state index contributed by atoms with van der Waals surface area (Å²) in [7, 11) is 0.211. The van der Waals surface area contributed by atoms with Gasteiger partial charge in [-0.1, -0.05) is 0 Å². The standard InChI is InChI=1S/C11H18N4O3S/c1-8(7-19(4,17)18)12-10-6-5-9(13-14-10)11(16)15(2)3/h5-6,8H,7H2,1-4H3,(H,12,14). The molecule has 106 valence electrons. The van der Waals surface area contributed by atoms with E-state index in [1.165, 1.54) is 11.2 Å². The third-order valence-electron chi connectivity index (χ3n) is 2.24. The van der Waals surface area contributed by atoms with Crippen LogP contribution in [0.5, 0.6) is 0 Å². The van der Waals surface area contributed by atoms with Crippen molar-refractivity contribution in [2.75, 3.05) is 31.4 Å². The van der Waals surface area contributed by atoms with Crippen molar-refractivity contribution in [1.29, 1.82) is 0 Å². The van der Waals surface area contributed by atoms with Crippen molar-refractivity contribution in [2.24, 2.45) is 0 Å². The highest BCUT2D eigenvalue weighted by molar-refractivity contribution is 7.90. The lowest BCUT2D eigenvalue weighted by Gasteiger charge is -2.13. The fraction of sp³-hybridized carbons (Fsp3) is 0.545. The summed E-state index contributed by atoms with van der Waals surface area (Å²) >= 11 is 0. The topological polar surface area (TPSA) is 92.3 Å². The largest absolute Gasteiger partial charge is 0.365 e. The van der Waals surface area contributed by atoms with E-state index >= 15 is 0 Å². The van der Waals surface area contributed by atoms with Gasteiger partial charge in [-0.05, 0) is 19.1 Å². The number of aromatic nitrogens is 2. The number of anilines is 1. The summed E-state index contributed by atoms with van der Waals surface area (Å²) in [5.74, 6) is 0.210. The third-order valence-corrected chi connectivity index (χ3v) is 3.34. The smallest absolute Gasteiger partial charge is 0.273 e. The Labute approximate surface area is 112 Å². The molecule has 0 fully saturated rings. The van der Waals surface area contributed by atoms with Gasteiger partial charge in [0.25, 0.3) is 5.91 Å². The summed E-state index contributed by atoms with van der Waals surface area (Å²) in [6.45, 7) is 1.74. The second kappa shape index (κ2) is 5.96. The molecule has 0 saturated carbocycles. The van der Waals surface area contributed by atoms with E-state index in [2.05, 4.69) is 15.5 Å². The molecule has 0 aliphatic heterocycles. The molecular formula is C11H18N4O3S. The van der Waals surface area contributed by atoms with Gasteiger partial charge in [0.15, 0.2) is 5.69 Å². The molecule has 1 unspecified atom stereocenters. The van der Waals surface area contributed by atoms with Crippen LogP contribution in [-0.2, 0) is 9.84 Å². The number of hydrogen-bond donors (Lipinski definition) is 1. The van der Waals surface area contributed by atoms with Gasteiger partial charge in [-0.2, -0.15) is 0 Å². The number of amides is 1. The molecule has 1 atom stereocenters. The first kappa shape index (κ1) is 15.4. The molecular weight excluding hydrogens is 268 g/mol. The van der Waals surface area contributed by atoms with E-state index in [-0.39, 0.29) is 23.4 Å². The molecule has 8 heteroatoms. The molecule has 1 rings (SSSR count). The van der Waals surface area contributed by atoms with Gasteiger partial charge in [0.05, 0.1) is 5.75 Å². The van der Waals surface area contributed by atoms with Crippen LogP contribution in [0.1, 0.15) is 17.4 Å². The molecule has 1 aromatic heterocycles. The summed E-state index contributed by atoms with van der Waals surface area (Å²) < 4.78 is 22.2. The van der Waals surface area contributed by atoms with Crippen LogP contribution >= 0.6 is 0 Å². The summed E-state index contributed by atoms with van der Waals surface area (Å²) in [4.78, 5) is 13.0. The van der Waals surface area contributed by atoms with Crippen molar-refractivity contribution in [1.82, 2.24) is 15.1 Å². The summed E-state index contributed by atoms with van der Waals surface area (Å²) in [5.41, 5.74) is 0.242. The van der Waals surface area contributed by atoms with Crippen molar-refractivity contribution < 1.29 is 13.2 Å². The Kier molecular flexibility index (Phi) is 4.82. The number of rotatable bonds is 5. The second-order valence-corrected chi connectivity index (χ2v) is 6.83. The molecule has 0 aliphatic carbocycles. The predicted molar refractivity (Wildman–Crippen MR) is 72.8 cm³/mol. The van der Waals surface area contributed by atoms with Gasteiger partial charge in [-0.3, -0.25) is 4.79 Å². The van der Waals surface area contributed by atoms with Crippen molar-refractivity contribution in [2.45, 2.75) is 13.0 Å². The Morgan fingerprint density at radius 1 is 1.37 bits per heavy atom. The van der Waals surface area contributed by atoms with Crippen molar-refractivity contribution in [3.63, 3.8) is 0 Å². The van der Waals surface area contributed by atoms with Crippen LogP contribution in [0, 0.1) is 0 Å². The van der Waals surface area contributed by atoms with Crippen LogP contribution < -0.4 is 5.32 Å². The van der Waals surface area contributed by atoms with Gasteiger partial charge >= 0.3 is 0 Å². The predicted octanol–water partition coefficient (Wildman–Crippen LogP) is 0.0234. The molecule has 1 N–H and O–H groups in total. The minimum absolute atomic E-state index is 0.00700. The molecule has 0 aliphatic rings. The average Bonchev–Trinajstić information content (AvgIpc) is 2.26. The maximum atomic E-state index is 11.6. The van der Waals surface area contributed by atoms with Crippen LogP contribution in [-0.4, -0.2) is 61.6 Å². The van der Waals surface area contributed by atoms with Gasteiger partial charge in [-0.25, -0.2) is 8.42 Å². The highest BCUT2D eigenvalue weighted by Crippen LogP contribution is 2.06. The van der Waals surface area contributed by atoms with Gasteiger partial charge in [0.2, 0.25) is 0 Å². The van der Waals surface area contributed by atoms with E-state index in [0.29, 0.717) is 5.82 Å². The minimum atomic E-state index is -3.05. The van der Waals surface area contributed by atoms with Crippen LogP contribution in [0.3, 0.4) is 0 Å². The minimum Gasteiger partial charge on any atom is -0.365 e. The zero-order chi connectivity index (χ0) is 14.6. The molecule has 0 radical (unpaired) electrons. The van der Waals surface area contributed by atoms with Crippen LogP contribution in [0.25, 0.3) is 0 Å². The van der Waals surface area contributed by atoms with E-state index < -0.39 is 9.84 Å². The first-order valence-electron chi connectivity index (χ1n) is 5.68. The highest BCUT2D eigenvalue weighted by atomic mass is 32.2. The second-order valence-electron chi connectivity index (χ2n) is 4.64. The van der Waals surface area contributed by atoms with Crippen LogP contribution in [0.15, 0.2) is 12.1 Å².